The van der Waals surface area contributed by atoms with Gasteiger partial charge in [-0.1, -0.05) is 11.6 Å². The topological polar surface area (TPSA) is 44.4 Å². The third-order valence-electron chi connectivity index (χ3n) is 3.15. The SMILES string of the molecule is O=C1NC2CNCCN2c2ccc(Cl)c(F)c21. The third-order valence-corrected chi connectivity index (χ3v) is 3.44. The number of piperazine rings is 1. The number of carbonyl (C=O) groups is 1. The van der Waals surface area contributed by atoms with E-state index in [1.165, 1.54) is 6.07 Å². The first kappa shape index (κ1) is 10.8. The molecule has 2 aliphatic rings. The maximum absolute atomic E-state index is 13.9. The van der Waals surface area contributed by atoms with Crippen molar-refractivity contribution in [2.45, 2.75) is 6.17 Å². The third kappa shape index (κ3) is 1.57. The first-order chi connectivity index (χ1) is 8.18. The second kappa shape index (κ2) is 3.85. The molecule has 2 heterocycles. The van der Waals surface area contributed by atoms with Crippen molar-refractivity contribution < 1.29 is 9.18 Å². The number of hydrogen-bond donors (Lipinski definition) is 2. The van der Waals surface area contributed by atoms with Crippen LogP contribution in [0, 0.1) is 5.82 Å². The lowest BCUT2D eigenvalue weighted by Gasteiger charge is -2.42. The summed E-state index contributed by atoms with van der Waals surface area (Å²) < 4.78 is 13.9. The van der Waals surface area contributed by atoms with Crippen molar-refractivity contribution in [2.24, 2.45) is 0 Å². The Balaban J connectivity index is 2.14. The Morgan fingerprint density at radius 1 is 1.47 bits per heavy atom. The molecular weight excluding hydrogens is 245 g/mol. The van der Waals surface area contributed by atoms with Gasteiger partial charge in [-0.25, -0.2) is 4.39 Å². The van der Waals surface area contributed by atoms with Crippen molar-refractivity contribution in [1.29, 1.82) is 0 Å². The minimum atomic E-state index is -0.640. The van der Waals surface area contributed by atoms with Gasteiger partial charge in [0.05, 0.1) is 10.7 Å². The quantitative estimate of drug-likeness (QED) is 0.726. The molecule has 6 heteroatoms. The molecule has 0 spiro atoms. The van der Waals surface area contributed by atoms with E-state index in [0.717, 1.165) is 13.1 Å². The Morgan fingerprint density at radius 3 is 3.12 bits per heavy atom. The summed E-state index contributed by atoms with van der Waals surface area (Å²) in [5, 5.41) is 5.93. The summed E-state index contributed by atoms with van der Waals surface area (Å²) in [5.74, 6) is -1.04. The molecule has 0 radical (unpaired) electrons. The fourth-order valence-corrected chi connectivity index (χ4v) is 2.50. The zero-order valence-corrected chi connectivity index (χ0v) is 9.72. The normalized spacial score (nSPS) is 22.8. The van der Waals surface area contributed by atoms with Gasteiger partial charge < -0.3 is 15.5 Å². The Hall–Kier alpha value is -1.33. The average Bonchev–Trinajstić information content (AvgIpc) is 2.33. The molecule has 0 aromatic heterocycles. The molecular formula is C11H11ClFN3O. The standard InChI is InChI=1S/C11H11ClFN3O/c12-6-1-2-7-9(10(6)13)11(17)15-8-5-14-3-4-16(7)8/h1-2,8,14H,3-5H2,(H,15,17). The van der Waals surface area contributed by atoms with Crippen LogP contribution in [0.1, 0.15) is 10.4 Å². The fraction of sp³-hybridized carbons (Fsp3) is 0.364. The van der Waals surface area contributed by atoms with Crippen molar-refractivity contribution in [1.82, 2.24) is 10.6 Å². The summed E-state index contributed by atoms with van der Waals surface area (Å²) >= 11 is 5.70. The smallest absolute Gasteiger partial charge is 0.258 e. The van der Waals surface area contributed by atoms with Crippen LogP contribution in [0.15, 0.2) is 12.1 Å². The molecule has 1 aromatic rings. The zero-order valence-electron chi connectivity index (χ0n) is 8.96. The van der Waals surface area contributed by atoms with Crippen LogP contribution in [-0.4, -0.2) is 31.7 Å². The molecule has 3 rings (SSSR count). The number of nitrogens with zero attached hydrogens (tertiary/aromatic N) is 1. The van der Waals surface area contributed by atoms with Crippen molar-refractivity contribution in [3.8, 4) is 0 Å². The predicted molar refractivity (Wildman–Crippen MR) is 62.9 cm³/mol. The molecule has 1 unspecified atom stereocenters. The Labute approximate surface area is 103 Å². The van der Waals surface area contributed by atoms with Crippen LogP contribution in [0.3, 0.4) is 0 Å². The largest absolute Gasteiger partial charge is 0.348 e. The van der Waals surface area contributed by atoms with E-state index >= 15 is 0 Å². The molecule has 1 amide bonds. The summed E-state index contributed by atoms with van der Waals surface area (Å²) in [7, 11) is 0. The van der Waals surface area contributed by atoms with Gasteiger partial charge in [0.15, 0.2) is 5.82 Å². The first-order valence-electron chi connectivity index (χ1n) is 5.44. The number of hydrogen-bond acceptors (Lipinski definition) is 3. The lowest BCUT2D eigenvalue weighted by molar-refractivity contribution is 0.0918. The number of amides is 1. The molecule has 0 aliphatic carbocycles. The van der Waals surface area contributed by atoms with E-state index in [-0.39, 0.29) is 16.8 Å². The van der Waals surface area contributed by atoms with Crippen LogP contribution in [0.2, 0.25) is 5.02 Å². The van der Waals surface area contributed by atoms with Crippen molar-refractivity contribution in [3.63, 3.8) is 0 Å². The lowest BCUT2D eigenvalue weighted by Crippen LogP contribution is -2.62. The van der Waals surface area contributed by atoms with Crippen LogP contribution in [0.4, 0.5) is 10.1 Å². The summed E-state index contributed by atoms with van der Waals surface area (Å²) in [6, 6.07) is 3.20. The van der Waals surface area contributed by atoms with Gasteiger partial charge in [-0.2, -0.15) is 0 Å². The Kier molecular flexibility index (Phi) is 2.45. The highest BCUT2D eigenvalue weighted by Crippen LogP contribution is 2.32. The van der Waals surface area contributed by atoms with Crippen molar-refractivity contribution in [3.05, 3.63) is 28.5 Å². The number of nitrogens with one attached hydrogen (secondary N) is 2. The molecule has 0 bridgehead atoms. The molecule has 4 nitrogen and oxygen atoms in total. The number of anilines is 1. The van der Waals surface area contributed by atoms with Crippen LogP contribution in [0.25, 0.3) is 0 Å². The molecule has 2 N–H and O–H groups in total. The lowest BCUT2D eigenvalue weighted by atomic mass is 10.1. The van der Waals surface area contributed by atoms with E-state index in [2.05, 4.69) is 10.6 Å². The first-order valence-corrected chi connectivity index (χ1v) is 5.82. The summed E-state index contributed by atoms with van der Waals surface area (Å²) in [6.45, 7) is 2.21. The van der Waals surface area contributed by atoms with Crippen molar-refractivity contribution >= 4 is 23.2 Å². The molecule has 17 heavy (non-hydrogen) atoms. The number of halogens is 2. The van der Waals surface area contributed by atoms with Crippen LogP contribution in [-0.2, 0) is 0 Å². The van der Waals surface area contributed by atoms with E-state index in [4.69, 9.17) is 11.6 Å². The van der Waals surface area contributed by atoms with Crippen LogP contribution >= 0.6 is 11.6 Å². The van der Waals surface area contributed by atoms with E-state index in [1.54, 1.807) is 6.07 Å². The van der Waals surface area contributed by atoms with Gasteiger partial charge >= 0.3 is 0 Å². The Morgan fingerprint density at radius 2 is 2.29 bits per heavy atom. The monoisotopic (exact) mass is 255 g/mol. The molecule has 2 aliphatic heterocycles. The average molecular weight is 256 g/mol. The second-order valence-electron chi connectivity index (χ2n) is 4.14. The van der Waals surface area contributed by atoms with Gasteiger partial charge in [-0.15, -0.1) is 0 Å². The molecule has 90 valence electrons. The highest BCUT2D eigenvalue weighted by atomic mass is 35.5. The van der Waals surface area contributed by atoms with Gasteiger partial charge in [0.2, 0.25) is 0 Å². The van der Waals surface area contributed by atoms with Crippen LogP contribution < -0.4 is 15.5 Å². The molecule has 1 saturated heterocycles. The Bertz CT molecular complexity index is 494. The molecule has 1 atom stereocenters. The summed E-state index contributed by atoms with van der Waals surface area (Å²) in [4.78, 5) is 13.8. The maximum Gasteiger partial charge on any atom is 0.258 e. The zero-order chi connectivity index (χ0) is 12.0. The van der Waals surface area contributed by atoms with Gasteiger partial charge in [0.1, 0.15) is 11.7 Å². The minimum Gasteiger partial charge on any atom is -0.348 e. The number of benzene rings is 1. The molecule has 1 aromatic carbocycles. The highest BCUT2D eigenvalue weighted by Gasteiger charge is 2.34. The van der Waals surface area contributed by atoms with E-state index in [9.17, 15) is 9.18 Å². The fourth-order valence-electron chi connectivity index (χ4n) is 2.34. The van der Waals surface area contributed by atoms with Gasteiger partial charge in [-0.05, 0) is 12.1 Å². The number of carbonyl (C=O) groups excluding carboxylic acids is 1. The molecule has 1 fully saturated rings. The van der Waals surface area contributed by atoms with Gasteiger partial charge in [0, 0.05) is 19.6 Å². The van der Waals surface area contributed by atoms with Gasteiger partial charge in [-0.3, -0.25) is 4.79 Å². The number of fused-ring (bicyclic) bond motifs is 3. The minimum absolute atomic E-state index is 0.0208. The second-order valence-corrected chi connectivity index (χ2v) is 4.55. The molecule has 0 saturated carbocycles. The van der Waals surface area contributed by atoms with E-state index in [1.807, 2.05) is 4.90 Å². The summed E-state index contributed by atoms with van der Waals surface area (Å²) in [5.41, 5.74) is 0.679. The van der Waals surface area contributed by atoms with Crippen molar-refractivity contribution in [2.75, 3.05) is 24.5 Å². The maximum atomic E-state index is 13.9. The highest BCUT2D eigenvalue weighted by molar-refractivity contribution is 6.31. The van der Waals surface area contributed by atoms with E-state index in [0.29, 0.717) is 12.2 Å². The van der Waals surface area contributed by atoms with Crippen LogP contribution in [0.5, 0.6) is 0 Å². The number of rotatable bonds is 0. The summed E-state index contributed by atoms with van der Waals surface area (Å²) in [6.07, 6.45) is -0.107. The van der Waals surface area contributed by atoms with Gasteiger partial charge in [0.25, 0.3) is 5.91 Å². The van der Waals surface area contributed by atoms with E-state index < -0.39 is 11.7 Å². The predicted octanol–water partition coefficient (Wildman–Crippen LogP) is 0.958.